The van der Waals surface area contributed by atoms with Crippen molar-refractivity contribution >= 4 is 5.91 Å². The van der Waals surface area contributed by atoms with Crippen LogP contribution in [0.3, 0.4) is 0 Å². The minimum Gasteiger partial charge on any atom is -0.343 e. The molecule has 0 aromatic heterocycles. The van der Waals surface area contributed by atoms with E-state index in [1.165, 1.54) is 11.1 Å². The van der Waals surface area contributed by atoms with Gasteiger partial charge in [0.25, 0.3) is 0 Å². The highest BCUT2D eigenvalue weighted by Gasteiger charge is 2.22. The summed E-state index contributed by atoms with van der Waals surface area (Å²) in [5.74, 6) is 0.199. The number of aryl methyl sites for hydroxylation is 1. The molecule has 0 unspecified atom stereocenters. The van der Waals surface area contributed by atoms with Gasteiger partial charge in [0.05, 0.1) is 0 Å². The van der Waals surface area contributed by atoms with Crippen molar-refractivity contribution in [2.24, 2.45) is 0 Å². The molecule has 1 aromatic carbocycles. The van der Waals surface area contributed by atoms with Crippen molar-refractivity contribution in [1.29, 1.82) is 0 Å². The van der Waals surface area contributed by atoms with Crippen LogP contribution in [0, 0.1) is 6.92 Å². The van der Waals surface area contributed by atoms with Crippen LogP contribution in [0.25, 0.3) is 0 Å². The maximum atomic E-state index is 11.3. The average Bonchev–Trinajstić information content (AvgIpc) is 2.39. The molecule has 0 spiro atoms. The lowest BCUT2D eigenvalue weighted by Crippen LogP contribution is -2.44. The number of hydrogen-bond acceptors (Lipinski definition) is 2. The van der Waals surface area contributed by atoms with Gasteiger partial charge in [0, 0.05) is 32.1 Å². The molecule has 0 radical (unpaired) electrons. The number of carbonyl (C=O) groups is 1. The second-order valence-corrected chi connectivity index (χ2v) is 5.53. The third-order valence-corrected chi connectivity index (χ3v) is 4.08. The molecule has 1 saturated heterocycles. The lowest BCUT2D eigenvalue weighted by molar-refractivity contribution is -0.129. The molecule has 1 aliphatic rings. The first-order valence-corrected chi connectivity index (χ1v) is 7.15. The number of hydrogen-bond donors (Lipinski definition) is 1. The van der Waals surface area contributed by atoms with Crippen LogP contribution in [0.1, 0.15) is 43.9 Å². The molecule has 19 heavy (non-hydrogen) atoms. The molecule has 1 N–H and O–H groups in total. The fourth-order valence-electron chi connectivity index (χ4n) is 2.88. The number of nitrogens with zero attached hydrogens (tertiary/aromatic N) is 1. The van der Waals surface area contributed by atoms with Crippen molar-refractivity contribution in [2.45, 2.75) is 45.7 Å². The molecular weight excluding hydrogens is 236 g/mol. The van der Waals surface area contributed by atoms with E-state index in [1.807, 2.05) is 4.90 Å². The number of nitrogens with one attached hydrogen (secondary N) is 1. The summed E-state index contributed by atoms with van der Waals surface area (Å²) in [6.07, 6.45) is 2.10. The van der Waals surface area contributed by atoms with Crippen LogP contribution in [0.15, 0.2) is 24.3 Å². The van der Waals surface area contributed by atoms with Crippen molar-refractivity contribution in [2.75, 3.05) is 13.1 Å². The van der Waals surface area contributed by atoms with Crippen molar-refractivity contribution in [3.8, 4) is 0 Å². The van der Waals surface area contributed by atoms with E-state index in [1.54, 1.807) is 6.92 Å². The van der Waals surface area contributed by atoms with Gasteiger partial charge in [-0.3, -0.25) is 4.79 Å². The van der Waals surface area contributed by atoms with Crippen molar-refractivity contribution < 1.29 is 4.79 Å². The average molecular weight is 260 g/mol. The molecule has 1 fully saturated rings. The highest BCUT2D eigenvalue weighted by Crippen LogP contribution is 2.20. The molecule has 0 aliphatic carbocycles. The normalized spacial score (nSPS) is 18.4. The van der Waals surface area contributed by atoms with E-state index in [2.05, 4.69) is 43.4 Å². The van der Waals surface area contributed by atoms with Crippen molar-refractivity contribution in [3.63, 3.8) is 0 Å². The molecule has 1 aromatic rings. The van der Waals surface area contributed by atoms with Gasteiger partial charge >= 0.3 is 0 Å². The number of carbonyl (C=O) groups excluding carboxylic acids is 1. The Kier molecular flexibility index (Phi) is 4.59. The van der Waals surface area contributed by atoms with E-state index in [0.29, 0.717) is 12.1 Å². The van der Waals surface area contributed by atoms with Crippen LogP contribution in [-0.4, -0.2) is 29.9 Å². The zero-order chi connectivity index (χ0) is 13.8. The summed E-state index contributed by atoms with van der Waals surface area (Å²) in [5, 5.41) is 3.70. The highest BCUT2D eigenvalue weighted by molar-refractivity contribution is 5.73. The monoisotopic (exact) mass is 260 g/mol. The standard InChI is InChI=1S/C16H24N2O/c1-12-6-4-5-7-16(12)13(2)17-15-8-10-18(11-9-15)14(3)19/h4-7,13,15,17H,8-11H2,1-3H3/t13-/m1/s1. The first-order chi connectivity index (χ1) is 9.08. The highest BCUT2D eigenvalue weighted by atomic mass is 16.2. The quantitative estimate of drug-likeness (QED) is 0.906. The van der Waals surface area contributed by atoms with E-state index in [-0.39, 0.29) is 5.91 Å². The predicted octanol–water partition coefficient (Wildman–Crippen LogP) is 2.66. The fourth-order valence-corrected chi connectivity index (χ4v) is 2.88. The van der Waals surface area contributed by atoms with Gasteiger partial charge in [-0.15, -0.1) is 0 Å². The molecule has 3 nitrogen and oxygen atoms in total. The van der Waals surface area contributed by atoms with Crippen LogP contribution in [-0.2, 0) is 4.79 Å². The van der Waals surface area contributed by atoms with Crippen LogP contribution in [0.4, 0.5) is 0 Å². The molecule has 1 aliphatic heterocycles. The SMILES string of the molecule is CC(=O)N1CCC(N[C@H](C)c2ccccc2C)CC1. The van der Waals surface area contributed by atoms with Gasteiger partial charge in [-0.05, 0) is 37.8 Å². The van der Waals surface area contributed by atoms with Gasteiger partial charge < -0.3 is 10.2 Å². The zero-order valence-corrected chi connectivity index (χ0v) is 12.1. The third kappa shape index (κ3) is 3.57. The Balaban J connectivity index is 1.89. The lowest BCUT2D eigenvalue weighted by atomic mass is 9.99. The van der Waals surface area contributed by atoms with Crippen LogP contribution < -0.4 is 5.32 Å². The Morgan fingerprint density at radius 2 is 1.95 bits per heavy atom. The van der Waals surface area contributed by atoms with E-state index in [4.69, 9.17) is 0 Å². The van der Waals surface area contributed by atoms with Gasteiger partial charge in [0.15, 0.2) is 0 Å². The molecule has 0 bridgehead atoms. The Bertz CT molecular complexity index is 436. The third-order valence-electron chi connectivity index (χ3n) is 4.08. The number of rotatable bonds is 3. The second kappa shape index (κ2) is 6.20. The molecule has 1 heterocycles. The summed E-state index contributed by atoms with van der Waals surface area (Å²) in [7, 11) is 0. The largest absolute Gasteiger partial charge is 0.343 e. The molecule has 104 valence electrons. The summed E-state index contributed by atoms with van der Waals surface area (Å²) in [5.41, 5.74) is 2.71. The zero-order valence-electron chi connectivity index (χ0n) is 12.1. The Hall–Kier alpha value is -1.35. The first kappa shape index (κ1) is 14.1. The summed E-state index contributed by atoms with van der Waals surface area (Å²) in [6, 6.07) is 9.42. The molecule has 2 rings (SSSR count). The van der Waals surface area contributed by atoms with Gasteiger partial charge in [-0.1, -0.05) is 24.3 Å². The van der Waals surface area contributed by atoms with Crippen LogP contribution in [0.2, 0.25) is 0 Å². The predicted molar refractivity (Wildman–Crippen MR) is 78.0 cm³/mol. The number of likely N-dealkylation sites (tertiary alicyclic amines) is 1. The molecule has 1 amide bonds. The maximum Gasteiger partial charge on any atom is 0.219 e. The minimum atomic E-state index is 0.199. The van der Waals surface area contributed by atoms with Gasteiger partial charge in [0.2, 0.25) is 5.91 Å². The van der Waals surface area contributed by atoms with Crippen LogP contribution >= 0.6 is 0 Å². The van der Waals surface area contributed by atoms with Crippen LogP contribution in [0.5, 0.6) is 0 Å². The number of benzene rings is 1. The first-order valence-electron chi connectivity index (χ1n) is 7.15. The lowest BCUT2D eigenvalue weighted by Gasteiger charge is -2.33. The summed E-state index contributed by atoms with van der Waals surface area (Å²) in [6.45, 7) is 7.80. The summed E-state index contributed by atoms with van der Waals surface area (Å²) in [4.78, 5) is 13.2. The summed E-state index contributed by atoms with van der Waals surface area (Å²) < 4.78 is 0. The maximum absolute atomic E-state index is 11.3. The van der Waals surface area contributed by atoms with E-state index >= 15 is 0 Å². The molecule has 0 saturated carbocycles. The molecular formula is C16H24N2O. The topological polar surface area (TPSA) is 32.3 Å². The number of piperidine rings is 1. The van der Waals surface area contributed by atoms with Gasteiger partial charge in [-0.25, -0.2) is 0 Å². The van der Waals surface area contributed by atoms with Crippen molar-refractivity contribution in [3.05, 3.63) is 35.4 Å². The Morgan fingerprint density at radius 1 is 1.32 bits per heavy atom. The Labute approximate surface area is 116 Å². The van der Waals surface area contributed by atoms with Gasteiger partial charge in [-0.2, -0.15) is 0 Å². The second-order valence-electron chi connectivity index (χ2n) is 5.53. The summed E-state index contributed by atoms with van der Waals surface area (Å²) >= 11 is 0. The van der Waals surface area contributed by atoms with E-state index in [0.717, 1.165) is 25.9 Å². The number of amides is 1. The fraction of sp³-hybridized carbons (Fsp3) is 0.562. The van der Waals surface area contributed by atoms with E-state index in [9.17, 15) is 4.79 Å². The molecule has 3 heteroatoms. The molecule has 1 atom stereocenters. The van der Waals surface area contributed by atoms with Gasteiger partial charge in [0.1, 0.15) is 0 Å². The van der Waals surface area contributed by atoms with E-state index < -0.39 is 0 Å². The Morgan fingerprint density at radius 3 is 2.53 bits per heavy atom. The minimum absolute atomic E-state index is 0.199. The smallest absolute Gasteiger partial charge is 0.219 e. The van der Waals surface area contributed by atoms with Crippen molar-refractivity contribution in [1.82, 2.24) is 10.2 Å².